The lowest BCUT2D eigenvalue weighted by atomic mass is 10.2. The molecule has 0 amide bonds. The maximum absolute atomic E-state index is 11.2. The number of anilines is 1. The Morgan fingerprint density at radius 3 is 3.22 bits per heavy atom. The molecule has 3 rings (SSSR count). The van der Waals surface area contributed by atoms with Crippen molar-refractivity contribution >= 4 is 29.2 Å². The number of tetrazole rings is 1. The van der Waals surface area contributed by atoms with Crippen LogP contribution in [-0.4, -0.2) is 60.4 Å². The van der Waals surface area contributed by atoms with E-state index in [1.165, 1.54) is 4.63 Å². The molecule has 1 aliphatic rings. The molecule has 0 radical (unpaired) electrons. The number of aliphatic carboxylic acids is 1. The molecule has 3 heterocycles. The minimum absolute atomic E-state index is 0.539. The van der Waals surface area contributed by atoms with Crippen LogP contribution in [0.1, 0.15) is 0 Å². The van der Waals surface area contributed by atoms with Crippen LogP contribution < -0.4 is 4.90 Å². The van der Waals surface area contributed by atoms with Crippen LogP contribution in [-0.2, 0) is 4.79 Å². The summed E-state index contributed by atoms with van der Waals surface area (Å²) in [6.07, 6.45) is 0. The summed E-state index contributed by atoms with van der Waals surface area (Å²) in [6, 6.07) is 2.92. The molecule has 2 aromatic heterocycles. The fourth-order valence-corrected chi connectivity index (χ4v) is 2.91. The summed E-state index contributed by atoms with van der Waals surface area (Å²) < 4.78 is 1.30. The van der Waals surface area contributed by atoms with E-state index in [9.17, 15) is 9.90 Å². The minimum atomic E-state index is -0.833. The van der Waals surface area contributed by atoms with E-state index in [4.69, 9.17) is 0 Å². The Hall–Kier alpha value is -1.90. The van der Waals surface area contributed by atoms with Crippen molar-refractivity contribution in [3.8, 4) is 0 Å². The fraction of sp³-hybridized carbons (Fsp3) is 0.444. The van der Waals surface area contributed by atoms with Gasteiger partial charge in [-0.3, -0.25) is 0 Å². The van der Waals surface area contributed by atoms with Crippen molar-refractivity contribution in [2.24, 2.45) is 0 Å². The Morgan fingerprint density at radius 2 is 2.39 bits per heavy atom. The average molecular weight is 266 g/mol. The summed E-state index contributed by atoms with van der Waals surface area (Å²) in [5.74, 6) is 1.20. The second-order valence-corrected chi connectivity index (χ2v) is 4.99. The van der Waals surface area contributed by atoms with Gasteiger partial charge >= 0.3 is 5.97 Å². The van der Waals surface area contributed by atoms with Gasteiger partial charge in [0.05, 0.1) is 0 Å². The third-order valence-electron chi connectivity index (χ3n) is 2.76. The van der Waals surface area contributed by atoms with Gasteiger partial charge in [0.1, 0.15) is 6.04 Å². The highest BCUT2D eigenvalue weighted by Gasteiger charge is 2.30. The number of aromatic nitrogens is 5. The molecule has 0 spiro atoms. The standard InChI is InChI=1S/C9H10N6O2S/c16-9(17)6-5-18-4-3-14(6)8-2-1-7-10-12-13-15(7)11-8/h1-2,6H,3-5H2,(H,16,17). The lowest BCUT2D eigenvalue weighted by Crippen LogP contribution is -2.48. The second kappa shape index (κ2) is 4.41. The van der Waals surface area contributed by atoms with Crippen molar-refractivity contribution in [1.29, 1.82) is 0 Å². The molecule has 94 valence electrons. The zero-order valence-electron chi connectivity index (χ0n) is 9.30. The van der Waals surface area contributed by atoms with Gasteiger partial charge in [-0.05, 0) is 22.6 Å². The Bertz CT molecular complexity index is 587. The van der Waals surface area contributed by atoms with E-state index < -0.39 is 12.0 Å². The minimum Gasteiger partial charge on any atom is -0.480 e. The maximum Gasteiger partial charge on any atom is 0.327 e. The number of carboxylic acids is 1. The summed E-state index contributed by atoms with van der Waals surface area (Å²) in [5, 5.41) is 24.4. The van der Waals surface area contributed by atoms with E-state index >= 15 is 0 Å². The number of thioether (sulfide) groups is 1. The monoisotopic (exact) mass is 266 g/mol. The smallest absolute Gasteiger partial charge is 0.327 e. The van der Waals surface area contributed by atoms with Crippen molar-refractivity contribution in [3.05, 3.63) is 12.1 Å². The zero-order chi connectivity index (χ0) is 12.5. The fourth-order valence-electron chi connectivity index (χ4n) is 1.88. The van der Waals surface area contributed by atoms with Crippen LogP contribution >= 0.6 is 11.8 Å². The number of hydrogen-bond acceptors (Lipinski definition) is 7. The van der Waals surface area contributed by atoms with Crippen molar-refractivity contribution < 1.29 is 9.90 Å². The van der Waals surface area contributed by atoms with Gasteiger partial charge in [-0.2, -0.15) is 11.8 Å². The first-order chi connectivity index (χ1) is 8.75. The molecule has 9 heteroatoms. The van der Waals surface area contributed by atoms with Gasteiger partial charge in [0, 0.05) is 18.1 Å². The van der Waals surface area contributed by atoms with Gasteiger partial charge < -0.3 is 10.0 Å². The van der Waals surface area contributed by atoms with Crippen molar-refractivity contribution in [2.75, 3.05) is 23.0 Å². The summed E-state index contributed by atoms with van der Waals surface area (Å²) in [4.78, 5) is 13.0. The van der Waals surface area contributed by atoms with Gasteiger partial charge in [0.15, 0.2) is 11.5 Å². The second-order valence-electron chi connectivity index (χ2n) is 3.84. The molecule has 2 aromatic rings. The number of hydrogen-bond donors (Lipinski definition) is 1. The lowest BCUT2D eigenvalue weighted by molar-refractivity contribution is -0.138. The Kier molecular flexibility index (Phi) is 2.74. The van der Waals surface area contributed by atoms with E-state index in [0.29, 0.717) is 23.8 Å². The first kappa shape index (κ1) is 11.2. The number of carboxylic acid groups (broad SMARTS) is 1. The van der Waals surface area contributed by atoms with Crippen LogP contribution in [0, 0.1) is 0 Å². The molecule has 1 N–H and O–H groups in total. The third-order valence-corrected chi connectivity index (χ3v) is 3.79. The zero-order valence-corrected chi connectivity index (χ0v) is 10.1. The molecule has 1 saturated heterocycles. The van der Waals surface area contributed by atoms with Crippen LogP contribution in [0.2, 0.25) is 0 Å². The Morgan fingerprint density at radius 1 is 1.50 bits per heavy atom. The maximum atomic E-state index is 11.2. The van der Waals surface area contributed by atoms with Gasteiger partial charge in [0.25, 0.3) is 0 Å². The quantitative estimate of drug-likeness (QED) is 0.779. The Labute approximate surface area is 106 Å². The van der Waals surface area contributed by atoms with E-state index in [-0.39, 0.29) is 0 Å². The first-order valence-corrected chi connectivity index (χ1v) is 6.54. The van der Waals surface area contributed by atoms with Crippen LogP contribution in [0.15, 0.2) is 12.1 Å². The van der Waals surface area contributed by atoms with Gasteiger partial charge in [-0.1, -0.05) is 0 Å². The predicted molar refractivity (Wildman–Crippen MR) is 64.7 cm³/mol. The highest BCUT2D eigenvalue weighted by molar-refractivity contribution is 7.99. The summed E-state index contributed by atoms with van der Waals surface area (Å²) >= 11 is 1.64. The van der Waals surface area contributed by atoms with E-state index in [2.05, 4.69) is 20.6 Å². The van der Waals surface area contributed by atoms with Crippen LogP contribution in [0.4, 0.5) is 5.82 Å². The van der Waals surface area contributed by atoms with Gasteiger partial charge in [0.2, 0.25) is 0 Å². The van der Waals surface area contributed by atoms with Crippen molar-refractivity contribution in [2.45, 2.75) is 6.04 Å². The van der Waals surface area contributed by atoms with Crippen molar-refractivity contribution in [1.82, 2.24) is 25.3 Å². The molecule has 1 aliphatic heterocycles. The molecule has 0 saturated carbocycles. The van der Waals surface area contributed by atoms with Gasteiger partial charge in [-0.15, -0.1) is 14.8 Å². The SMILES string of the molecule is O=C(O)C1CSCCN1c1ccc2nnnn2n1. The molecular formula is C9H10N6O2S. The van der Waals surface area contributed by atoms with Crippen molar-refractivity contribution in [3.63, 3.8) is 0 Å². The molecule has 1 atom stereocenters. The number of carbonyl (C=O) groups is 1. The molecular weight excluding hydrogens is 256 g/mol. The van der Waals surface area contributed by atoms with Crippen LogP contribution in [0.25, 0.3) is 5.65 Å². The molecule has 18 heavy (non-hydrogen) atoms. The van der Waals surface area contributed by atoms with E-state index in [1.807, 2.05) is 0 Å². The number of fused-ring (bicyclic) bond motifs is 1. The number of nitrogens with zero attached hydrogens (tertiary/aromatic N) is 6. The first-order valence-electron chi connectivity index (χ1n) is 5.38. The third kappa shape index (κ3) is 1.86. The summed E-state index contributed by atoms with van der Waals surface area (Å²) in [6.45, 7) is 0.655. The highest BCUT2D eigenvalue weighted by atomic mass is 32.2. The summed E-state index contributed by atoms with van der Waals surface area (Å²) in [5.41, 5.74) is 0.539. The molecule has 1 fully saturated rings. The summed E-state index contributed by atoms with van der Waals surface area (Å²) in [7, 11) is 0. The van der Waals surface area contributed by atoms with Crippen LogP contribution in [0.3, 0.4) is 0 Å². The molecule has 8 nitrogen and oxygen atoms in total. The van der Waals surface area contributed by atoms with Gasteiger partial charge in [-0.25, -0.2) is 4.79 Å². The molecule has 0 aromatic carbocycles. The van der Waals surface area contributed by atoms with E-state index in [1.54, 1.807) is 28.8 Å². The van der Waals surface area contributed by atoms with E-state index in [0.717, 1.165) is 5.75 Å². The molecule has 1 unspecified atom stereocenters. The average Bonchev–Trinajstić information content (AvgIpc) is 2.85. The molecule has 0 bridgehead atoms. The predicted octanol–water partition coefficient (Wildman–Crippen LogP) is -0.474. The largest absolute Gasteiger partial charge is 0.480 e. The lowest BCUT2D eigenvalue weighted by Gasteiger charge is -2.33. The molecule has 0 aliphatic carbocycles. The highest BCUT2D eigenvalue weighted by Crippen LogP contribution is 2.22. The van der Waals surface area contributed by atoms with Crippen LogP contribution in [0.5, 0.6) is 0 Å². The Balaban J connectivity index is 1.97. The topological polar surface area (TPSA) is 96.5 Å². The number of rotatable bonds is 2. The normalized spacial score (nSPS) is 20.2.